The molecule has 0 aromatic carbocycles. The molecule has 0 aliphatic carbocycles. The van der Waals surface area contributed by atoms with Crippen LogP contribution < -0.4 is 5.73 Å². The van der Waals surface area contributed by atoms with E-state index in [4.69, 9.17) is 29.0 Å². The van der Waals surface area contributed by atoms with Gasteiger partial charge in [0.2, 0.25) is 0 Å². The smallest absolute Gasteiger partial charge is 0.472 e. The van der Waals surface area contributed by atoms with E-state index in [2.05, 4.69) is 62.5 Å². The van der Waals surface area contributed by atoms with Crippen LogP contribution in [0.4, 0.5) is 0 Å². The monoisotopic (exact) mass is 766 g/mol. The van der Waals surface area contributed by atoms with Crippen LogP contribution in [0.2, 0.25) is 0 Å². The van der Waals surface area contributed by atoms with Gasteiger partial charge >= 0.3 is 13.8 Å². The van der Waals surface area contributed by atoms with Crippen molar-refractivity contribution in [3.05, 3.63) is 60.9 Å². The van der Waals surface area contributed by atoms with Crippen LogP contribution in [0.3, 0.4) is 0 Å². The fourth-order valence-electron chi connectivity index (χ4n) is 5.65. The van der Waals surface area contributed by atoms with Gasteiger partial charge in [0.1, 0.15) is 6.61 Å². The molecular formula is C43H76NO8P. The van der Waals surface area contributed by atoms with E-state index in [1.807, 2.05) is 6.08 Å². The van der Waals surface area contributed by atoms with Crippen molar-refractivity contribution >= 4 is 13.8 Å². The molecule has 1 fully saturated rings. The molecule has 3 N–H and O–H groups in total. The highest BCUT2D eigenvalue weighted by Crippen LogP contribution is 2.43. The van der Waals surface area contributed by atoms with Crippen molar-refractivity contribution in [1.82, 2.24) is 0 Å². The zero-order chi connectivity index (χ0) is 38.5. The Balaban J connectivity index is 2.20. The molecule has 1 aliphatic heterocycles. The number of allylic oxidation sites excluding steroid dienone is 8. The van der Waals surface area contributed by atoms with Crippen LogP contribution in [-0.4, -0.2) is 55.5 Å². The lowest BCUT2D eigenvalue weighted by atomic mass is 10.1. The van der Waals surface area contributed by atoms with E-state index in [0.29, 0.717) is 18.6 Å². The van der Waals surface area contributed by atoms with E-state index in [1.54, 1.807) is 6.26 Å². The summed E-state index contributed by atoms with van der Waals surface area (Å²) in [4.78, 5) is 22.2. The minimum absolute atomic E-state index is 0.0881. The average molecular weight is 766 g/mol. The third kappa shape index (κ3) is 33.1. The first-order valence-electron chi connectivity index (χ1n) is 20.9. The Bertz CT molecular complexity index is 1060. The second-order valence-corrected chi connectivity index (χ2v) is 15.4. The first-order chi connectivity index (χ1) is 25.9. The summed E-state index contributed by atoms with van der Waals surface area (Å²) in [5.41, 5.74) is 5.36. The van der Waals surface area contributed by atoms with Crippen molar-refractivity contribution < 1.29 is 37.5 Å². The van der Waals surface area contributed by atoms with Gasteiger partial charge in [0.25, 0.3) is 0 Å². The molecule has 306 valence electrons. The first-order valence-corrected chi connectivity index (χ1v) is 22.4. The topological polar surface area (TPSA) is 130 Å². The molecule has 9 nitrogen and oxygen atoms in total. The Morgan fingerprint density at radius 3 is 1.94 bits per heavy atom. The SMILES string of the molecule is CCCCCC/C=C\CCCCCCCC/C=C/O[C@H](COC(=O)CCC/C=C\C/C=C\C/C=C\CC1OC1CCCCC)COP(=O)(O)OCCN. The predicted octanol–water partition coefficient (Wildman–Crippen LogP) is 11.5. The second kappa shape index (κ2) is 35.7. The standard InChI is InChI=1S/C43H76NO8P/c1-3-5-7-8-9-10-11-12-13-14-15-18-21-24-27-31-36-48-40(39-51-53(46,47)50-37-35-44)38-49-43(45)34-30-26-23-20-17-16-19-22-25-29-33-42-41(52-42)32-28-6-4-2/h10-11,16,19-20,23,25,29,31,36,40-42H,3-9,12-15,17-18,21-22,24,26-28,30,32-35,37-39,44H2,1-2H3,(H,46,47)/b11-10-,19-16-,23-20-,29-25-,36-31+/t40-,41?,42?/m1/s1. The van der Waals surface area contributed by atoms with E-state index in [0.717, 1.165) is 44.9 Å². The van der Waals surface area contributed by atoms with Crippen molar-refractivity contribution in [3.63, 3.8) is 0 Å². The van der Waals surface area contributed by atoms with Crippen LogP contribution in [0, 0.1) is 0 Å². The van der Waals surface area contributed by atoms with Gasteiger partial charge in [-0.1, -0.05) is 127 Å². The Morgan fingerprint density at radius 2 is 1.26 bits per heavy atom. The number of hydrogen-bond donors (Lipinski definition) is 2. The van der Waals surface area contributed by atoms with Crippen molar-refractivity contribution in [2.45, 2.75) is 180 Å². The molecule has 0 aromatic rings. The molecule has 0 aromatic heterocycles. The van der Waals surface area contributed by atoms with Crippen LogP contribution in [-0.2, 0) is 32.6 Å². The number of esters is 1. The number of nitrogens with two attached hydrogens (primary N) is 1. The quantitative estimate of drug-likeness (QED) is 0.0157. The highest BCUT2D eigenvalue weighted by Gasteiger charge is 2.36. The van der Waals surface area contributed by atoms with E-state index in [9.17, 15) is 14.3 Å². The summed E-state index contributed by atoms with van der Waals surface area (Å²) in [6, 6.07) is 0. The maximum absolute atomic E-state index is 12.4. The number of rotatable bonds is 38. The normalized spacial score (nSPS) is 17.9. The highest BCUT2D eigenvalue weighted by molar-refractivity contribution is 7.47. The Morgan fingerprint density at radius 1 is 0.698 bits per heavy atom. The van der Waals surface area contributed by atoms with Gasteiger partial charge < -0.3 is 24.8 Å². The number of phosphoric acid groups is 1. The Labute approximate surface area is 323 Å². The number of ether oxygens (including phenoxy) is 3. The number of hydrogen-bond acceptors (Lipinski definition) is 8. The first kappa shape index (κ1) is 49.0. The van der Waals surface area contributed by atoms with Crippen LogP contribution in [0.1, 0.15) is 162 Å². The number of unbranched alkanes of at least 4 members (excludes halogenated alkanes) is 14. The number of epoxide rings is 1. The summed E-state index contributed by atoms with van der Waals surface area (Å²) < 4.78 is 38.8. The van der Waals surface area contributed by atoms with Crippen LogP contribution in [0.25, 0.3) is 0 Å². The fourth-order valence-corrected chi connectivity index (χ4v) is 6.41. The molecule has 3 unspecified atom stereocenters. The van der Waals surface area contributed by atoms with Gasteiger partial charge in [0.05, 0.1) is 31.7 Å². The van der Waals surface area contributed by atoms with Crippen molar-refractivity contribution in [2.24, 2.45) is 5.73 Å². The maximum atomic E-state index is 12.4. The van der Waals surface area contributed by atoms with Crippen molar-refractivity contribution in [3.8, 4) is 0 Å². The molecule has 1 aliphatic rings. The highest BCUT2D eigenvalue weighted by atomic mass is 31.2. The van der Waals surface area contributed by atoms with Gasteiger partial charge in [-0.2, -0.15) is 0 Å². The number of phosphoric ester groups is 1. The number of carbonyl (C=O) groups is 1. The average Bonchev–Trinajstić information content (AvgIpc) is 3.91. The third-order valence-electron chi connectivity index (χ3n) is 8.92. The minimum atomic E-state index is -4.29. The van der Waals surface area contributed by atoms with Gasteiger partial charge in [0.15, 0.2) is 6.10 Å². The molecule has 1 rings (SSSR count). The van der Waals surface area contributed by atoms with Gasteiger partial charge in [-0.25, -0.2) is 4.57 Å². The second-order valence-electron chi connectivity index (χ2n) is 13.9. The third-order valence-corrected chi connectivity index (χ3v) is 9.90. The van der Waals surface area contributed by atoms with Gasteiger partial charge in [-0.3, -0.25) is 13.8 Å². The van der Waals surface area contributed by atoms with Crippen molar-refractivity contribution in [2.75, 3.05) is 26.4 Å². The van der Waals surface area contributed by atoms with Crippen LogP contribution >= 0.6 is 7.82 Å². The summed E-state index contributed by atoms with van der Waals surface area (Å²) in [5, 5.41) is 0. The molecule has 0 saturated carbocycles. The van der Waals surface area contributed by atoms with E-state index < -0.39 is 13.9 Å². The minimum Gasteiger partial charge on any atom is -0.492 e. The van der Waals surface area contributed by atoms with Crippen LogP contribution in [0.5, 0.6) is 0 Å². The number of carbonyl (C=O) groups excluding carboxylic acids is 1. The molecule has 4 atom stereocenters. The molecule has 0 amide bonds. The molecule has 53 heavy (non-hydrogen) atoms. The van der Waals surface area contributed by atoms with Gasteiger partial charge in [-0.05, 0) is 83.1 Å². The zero-order valence-corrected chi connectivity index (χ0v) is 34.3. The summed E-state index contributed by atoms with van der Waals surface area (Å²) in [5.74, 6) is -0.350. The lowest BCUT2D eigenvalue weighted by Gasteiger charge is -2.19. The zero-order valence-electron chi connectivity index (χ0n) is 33.4. The van der Waals surface area contributed by atoms with Gasteiger partial charge in [0, 0.05) is 13.0 Å². The van der Waals surface area contributed by atoms with Crippen LogP contribution in [0.15, 0.2) is 60.9 Å². The summed E-state index contributed by atoms with van der Waals surface area (Å²) in [7, 11) is -4.29. The Kier molecular flexibility index (Phi) is 33.0. The summed E-state index contributed by atoms with van der Waals surface area (Å²) >= 11 is 0. The molecule has 1 heterocycles. The molecule has 0 spiro atoms. The Hall–Kier alpha value is -2.00. The molecular weight excluding hydrogens is 689 g/mol. The summed E-state index contributed by atoms with van der Waals surface area (Å²) in [6.07, 6.45) is 46.6. The largest absolute Gasteiger partial charge is 0.492 e. The van der Waals surface area contributed by atoms with E-state index >= 15 is 0 Å². The van der Waals surface area contributed by atoms with Crippen molar-refractivity contribution in [1.29, 1.82) is 0 Å². The van der Waals surface area contributed by atoms with Gasteiger partial charge in [-0.15, -0.1) is 0 Å². The fraction of sp³-hybridized carbons (Fsp3) is 0.744. The predicted molar refractivity (Wildman–Crippen MR) is 219 cm³/mol. The lowest BCUT2D eigenvalue weighted by molar-refractivity contribution is -0.147. The molecule has 0 radical (unpaired) electrons. The van der Waals surface area contributed by atoms with E-state index in [-0.39, 0.29) is 38.8 Å². The molecule has 10 heteroatoms. The molecule has 1 saturated heterocycles. The lowest BCUT2D eigenvalue weighted by Crippen LogP contribution is -2.25. The molecule has 0 bridgehead atoms. The van der Waals surface area contributed by atoms with E-state index in [1.165, 1.54) is 89.9 Å². The summed E-state index contributed by atoms with van der Waals surface area (Å²) in [6.45, 7) is 4.08. The maximum Gasteiger partial charge on any atom is 0.472 e.